The molecule has 0 radical (unpaired) electrons. The van der Waals surface area contributed by atoms with Gasteiger partial charge in [0.15, 0.2) is 5.41 Å². The molecule has 0 rings (SSSR count). The van der Waals surface area contributed by atoms with Crippen LogP contribution in [0.4, 0.5) is 0 Å². The molecule has 0 spiro atoms. The molecule has 0 aliphatic carbocycles. The molecule has 116 valence electrons. The van der Waals surface area contributed by atoms with Gasteiger partial charge in [-0.15, -0.1) is 0 Å². The van der Waals surface area contributed by atoms with Crippen LogP contribution >= 0.6 is 0 Å². The third kappa shape index (κ3) is 8.08. The lowest BCUT2D eigenvalue weighted by Gasteiger charge is -2.34. The standard InChI is InChI=1S/C15H34O3Si/c1-5-6-7-8-9-10-11-12-13-14(16-2)15(19,17-3)18-4/h14H,5-13H2,1-4,19H3. The van der Waals surface area contributed by atoms with Gasteiger partial charge in [-0.05, 0) is 6.42 Å². The van der Waals surface area contributed by atoms with Crippen LogP contribution in [0.3, 0.4) is 0 Å². The molecule has 0 aliphatic heterocycles. The van der Waals surface area contributed by atoms with E-state index in [1.54, 1.807) is 21.3 Å². The van der Waals surface area contributed by atoms with Crippen LogP contribution in [0, 0.1) is 0 Å². The maximum absolute atomic E-state index is 5.54. The Kier molecular flexibility index (Phi) is 11.9. The summed E-state index contributed by atoms with van der Waals surface area (Å²) in [5.41, 5.74) is -0.490. The molecule has 0 saturated heterocycles. The van der Waals surface area contributed by atoms with Gasteiger partial charge < -0.3 is 14.2 Å². The van der Waals surface area contributed by atoms with Crippen LogP contribution in [0.5, 0.6) is 0 Å². The quantitative estimate of drug-likeness (QED) is 0.296. The predicted molar refractivity (Wildman–Crippen MR) is 84.7 cm³/mol. The Morgan fingerprint density at radius 1 is 0.842 bits per heavy atom. The normalized spacial score (nSPS) is 13.9. The highest BCUT2D eigenvalue weighted by atomic mass is 28.1. The molecule has 0 aliphatic rings. The molecule has 0 heterocycles. The first-order valence-electron chi connectivity index (χ1n) is 7.77. The fourth-order valence-corrected chi connectivity index (χ4v) is 2.93. The second-order valence-corrected chi connectivity index (χ2v) is 6.81. The summed E-state index contributed by atoms with van der Waals surface area (Å²) in [6.45, 7) is 2.26. The molecule has 0 aromatic rings. The maximum Gasteiger partial charge on any atom is 0.165 e. The van der Waals surface area contributed by atoms with E-state index in [1.807, 2.05) is 0 Å². The average molecular weight is 291 g/mol. The highest BCUT2D eigenvalue weighted by molar-refractivity contribution is 6.13. The van der Waals surface area contributed by atoms with Crippen LogP contribution < -0.4 is 0 Å². The molecular formula is C15H34O3Si. The zero-order chi connectivity index (χ0) is 14.6. The van der Waals surface area contributed by atoms with E-state index < -0.39 is 5.41 Å². The van der Waals surface area contributed by atoms with Gasteiger partial charge in [-0.3, -0.25) is 0 Å². The van der Waals surface area contributed by atoms with Crippen molar-refractivity contribution < 1.29 is 14.2 Å². The van der Waals surface area contributed by atoms with Crippen molar-refractivity contribution in [3.63, 3.8) is 0 Å². The molecule has 0 bridgehead atoms. The van der Waals surface area contributed by atoms with E-state index in [4.69, 9.17) is 14.2 Å². The van der Waals surface area contributed by atoms with Crippen LogP contribution in [-0.4, -0.2) is 43.1 Å². The maximum atomic E-state index is 5.54. The number of hydrogen-bond acceptors (Lipinski definition) is 3. The smallest absolute Gasteiger partial charge is 0.165 e. The molecule has 0 amide bonds. The van der Waals surface area contributed by atoms with Crippen molar-refractivity contribution in [2.24, 2.45) is 0 Å². The van der Waals surface area contributed by atoms with Gasteiger partial charge in [-0.2, -0.15) is 0 Å². The largest absolute Gasteiger partial charge is 0.376 e. The Labute approximate surface area is 122 Å². The van der Waals surface area contributed by atoms with Crippen molar-refractivity contribution in [1.29, 1.82) is 0 Å². The van der Waals surface area contributed by atoms with Crippen molar-refractivity contribution >= 4 is 10.2 Å². The number of ether oxygens (including phenoxy) is 3. The Morgan fingerprint density at radius 3 is 1.74 bits per heavy atom. The van der Waals surface area contributed by atoms with Gasteiger partial charge >= 0.3 is 0 Å². The predicted octanol–water partition coefficient (Wildman–Crippen LogP) is 2.84. The fraction of sp³-hybridized carbons (Fsp3) is 1.00. The minimum atomic E-state index is -0.490. The molecule has 19 heavy (non-hydrogen) atoms. The number of rotatable bonds is 13. The van der Waals surface area contributed by atoms with E-state index in [9.17, 15) is 0 Å². The lowest BCUT2D eigenvalue weighted by molar-refractivity contribution is -0.209. The van der Waals surface area contributed by atoms with E-state index in [1.165, 1.54) is 51.4 Å². The summed E-state index contributed by atoms with van der Waals surface area (Å²) < 4.78 is 16.5. The van der Waals surface area contributed by atoms with Gasteiger partial charge in [0, 0.05) is 21.3 Å². The highest BCUT2D eigenvalue weighted by Gasteiger charge is 2.33. The Bertz CT molecular complexity index is 196. The molecule has 0 N–H and O–H groups in total. The van der Waals surface area contributed by atoms with E-state index >= 15 is 0 Å². The van der Waals surface area contributed by atoms with Crippen molar-refractivity contribution in [1.82, 2.24) is 0 Å². The molecular weight excluding hydrogens is 256 g/mol. The Morgan fingerprint density at radius 2 is 1.32 bits per heavy atom. The van der Waals surface area contributed by atoms with E-state index in [0.717, 1.165) is 16.7 Å². The topological polar surface area (TPSA) is 27.7 Å². The molecule has 3 nitrogen and oxygen atoms in total. The Hall–Kier alpha value is 0.0969. The minimum Gasteiger partial charge on any atom is -0.376 e. The molecule has 1 unspecified atom stereocenters. The lowest BCUT2D eigenvalue weighted by Crippen LogP contribution is -2.47. The number of methoxy groups -OCH3 is 3. The van der Waals surface area contributed by atoms with Crippen molar-refractivity contribution in [3.8, 4) is 0 Å². The first kappa shape index (κ1) is 19.1. The summed E-state index contributed by atoms with van der Waals surface area (Å²) >= 11 is 0. The molecule has 0 fully saturated rings. The summed E-state index contributed by atoms with van der Waals surface area (Å²) in [5.74, 6) is 0. The van der Waals surface area contributed by atoms with Crippen molar-refractivity contribution in [3.05, 3.63) is 0 Å². The minimum absolute atomic E-state index is 0.0641. The Balaban J connectivity index is 3.67. The summed E-state index contributed by atoms with van der Waals surface area (Å²) in [6.07, 6.45) is 11.8. The first-order valence-corrected chi connectivity index (χ1v) is 8.77. The van der Waals surface area contributed by atoms with Crippen LogP contribution in [0.1, 0.15) is 64.7 Å². The van der Waals surface area contributed by atoms with Gasteiger partial charge in [-0.25, -0.2) is 0 Å². The molecule has 0 aromatic carbocycles. The van der Waals surface area contributed by atoms with Crippen LogP contribution in [0.2, 0.25) is 0 Å². The summed E-state index contributed by atoms with van der Waals surface area (Å²) in [4.78, 5) is 0. The van der Waals surface area contributed by atoms with Crippen LogP contribution in [0.15, 0.2) is 0 Å². The number of hydrogen-bond donors (Lipinski definition) is 0. The van der Waals surface area contributed by atoms with Crippen molar-refractivity contribution in [2.45, 2.75) is 76.2 Å². The third-order valence-corrected chi connectivity index (χ3v) is 5.46. The zero-order valence-electron chi connectivity index (χ0n) is 13.7. The lowest BCUT2D eigenvalue weighted by atomic mass is 10.1. The van der Waals surface area contributed by atoms with Gasteiger partial charge in [0.1, 0.15) is 6.10 Å². The second-order valence-electron chi connectivity index (χ2n) is 5.41. The molecule has 0 aromatic heterocycles. The first-order chi connectivity index (χ1) is 9.14. The number of unbranched alkanes of at least 4 members (excludes halogenated alkanes) is 7. The van der Waals surface area contributed by atoms with Gasteiger partial charge in [0.2, 0.25) is 0 Å². The van der Waals surface area contributed by atoms with E-state index in [2.05, 4.69) is 6.92 Å². The van der Waals surface area contributed by atoms with Gasteiger partial charge in [0.05, 0.1) is 10.2 Å². The van der Waals surface area contributed by atoms with Gasteiger partial charge in [0.25, 0.3) is 0 Å². The molecule has 1 atom stereocenters. The van der Waals surface area contributed by atoms with Crippen LogP contribution in [0.25, 0.3) is 0 Å². The van der Waals surface area contributed by atoms with Crippen LogP contribution in [-0.2, 0) is 14.2 Å². The second kappa shape index (κ2) is 11.9. The van der Waals surface area contributed by atoms with E-state index in [-0.39, 0.29) is 6.10 Å². The fourth-order valence-electron chi connectivity index (χ4n) is 2.40. The SMILES string of the molecule is CCCCCCCCCCC(OC)C([SiH3])(OC)OC. The monoisotopic (exact) mass is 290 g/mol. The third-order valence-electron chi connectivity index (χ3n) is 4.00. The summed E-state index contributed by atoms with van der Waals surface area (Å²) in [7, 11) is 5.97. The highest BCUT2D eigenvalue weighted by Crippen LogP contribution is 2.21. The molecule has 0 saturated carbocycles. The van der Waals surface area contributed by atoms with E-state index in [0.29, 0.717) is 0 Å². The summed E-state index contributed by atoms with van der Waals surface area (Å²) in [5, 5.41) is 0. The zero-order valence-corrected chi connectivity index (χ0v) is 15.7. The van der Waals surface area contributed by atoms with Crippen molar-refractivity contribution in [2.75, 3.05) is 21.3 Å². The summed E-state index contributed by atoms with van der Waals surface area (Å²) in [6, 6.07) is 0. The van der Waals surface area contributed by atoms with Gasteiger partial charge in [-0.1, -0.05) is 58.3 Å². The molecule has 4 heteroatoms. The average Bonchev–Trinajstić information content (AvgIpc) is 2.45.